The Morgan fingerprint density at radius 3 is 2.41 bits per heavy atom. The van der Waals surface area contributed by atoms with E-state index < -0.39 is 12.1 Å². The van der Waals surface area contributed by atoms with Crippen LogP contribution in [0.4, 0.5) is 4.79 Å². The molecule has 2 aromatic carbocycles. The standard InChI is InChI=1S/C24H31N3O5.C2H6/c1-30-19-7-4-17(5-8-19)15-25-24(29)26-20(16-27-10-2-3-11-27)23(28)18-6-9-21-22(14-18)32-13-12-31-21;1-2/h4-9,14,20,23,28H,2-3,10-13,15-16H2,1H3,(H2,25,26,29);1-2H3. The van der Waals surface area contributed by atoms with Crippen molar-refractivity contribution in [3.8, 4) is 17.2 Å². The summed E-state index contributed by atoms with van der Waals surface area (Å²) in [5, 5.41) is 17.0. The quantitative estimate of drug-likeness (QED) is 0.546. The molecule has 0 aromatic heterocycles. The summed E-state index contributed by atoms with van der Waals surface area (Å²) in [6.07, 6.45) is 1.39. The Kier molecular flexibility index (Phi) is 9.85. The fourth-order valence-corrected chi connectivity index (χ4v) is 4.09. The van der Waals surface area contributed by atoms with Gasteiger partial charge < -0.3 is 34.9 Å². The first kappa shape index (κ1) is 25.6. The van der Waals surface area contributed by atoms with E-state index in [1.165, 1.54) is 0 Å². The minimum Gasteiger partial charge on any atom is -0.497 e. The van der Waals surface area contributed by atoms with Crippen molar-refractivity contribution in [1.29, 1.82) is 0 Å². The molecular formula is C26H37N3O5. The van der Waals surface area contributed by atoms with Crippen LogP contribution in [-0.4, -0.2) is 62.0 Å². The maximum atomic E-state index is 12.7. The number of ether oxygens (including phenoxy) is 3. The third kappa shape index (κ3) is 7.01. The van der Waals surface area contributed by atoms with E-state index in [1.807, 2.05) is 50.2 Å². The van der Waals surface area contributed by atoms with Gasteiger partial charge in [-0.15, -0.1) is 0 Å². The number of rotatable bonds is 8. The minimum atomic E-state index is -0.877. The van der Waals surface area contributed by atoms with Crippen molar-refractivity contribution in [2.75, 3.05) is 40.0 Å². The highest BCUT2D eigenvalue weighted by Crippen LogP contribution is 2.33. The second-order valence-electron chi connectivity index (χ2n) is 8.14. The predicted octanol–water partition coefficient (Wildman–Crippen LogP) is 3.49. The van der Waals surface area contributed by atoms with Gasteiger partial charge in [0, 0.05) is 13.1 Å². The molecule has 2 atom stereocenters. The van der Waals surface area contributed by atoms with Gasteiger partial charge in [0.25, 0.3) is 0 Å². The van der Waals surface area contributed by atoms with Gasteiger partial charge in [0.2, 0.25) is 0 Å². The lowest BCUT2D eigenvalue weighted by Gasteiger charge is -2.29. The summed E-state index contributed by atoms with van der Waals surface area (Å²) in [5.74, 6) is 2.07. The number of urea groups is 1. The van der Waals surface area contributed by atoms with Crippen molar-refractivity contribution in [1.82, 2.24) is 15.5 Å². The summed E-state index contributed by atoms with van der Waals surface area (Å²) in [6, 6.07) is 12.2. The summed E-state index contributed by atoms with van der Waals surface area (Å²) in [5.41, 5.74) is 1.65. The molecule has 0 saturated carbocycles. The molecule has 186 valence electrons. The van der Waals surface area contributed by atoms with Crippen LogP contribution in [0.25, 0.3) is 0 Å². The second kappa shape index (κ2) is 13.1. The van der Waals surface area contributed by atoms with E-state index in [0.29, 0.717) is 43.4 Å². The van der Waals surface area contributed by atoms with Crippen LogP contribution in [0.5, 0.6) is 17.2 Å². The number of amides is 2. The van der Waals surface area contributed by atoms with Gasteiger partial charge in [0.1, 0.15) is 25.1 Å². The maximum absolute atomic E-state index is 12.7. The van der Waals surface area contributed by atoms with E-state index in [1.54, 1.807) is 13.2 Å². The molecule has 2 aliphatic rings. The van der Waals surface area contributed by atoms with Crippen molar-refractivity contribution in [3.05, 3.63) is 53.6 Å². The summed E-state index contributed by atoms with van der Waals surface area (Å²) in [7, 11) is 1.62. The lowest BCUT2D eigenvalue weighted by molar-refractivity contribution is 0.108. The van der Waals surface area contributed by atoms with E-state index in [9.17, 15) is 9.90 Å². The molecule has 2 heterocycles. The Labute approximate surface area is 202 Å². The Balaban J connectivity index is 0.00000158. The van der Waals surface area contributed by atoms with Crippen molar-refractivity contribution in [3.63, 3.8) is 0 Å². The molecular weight excluding hydrogens is 434 g/mol. The summed E-state index contributed by atoms with van der Waals surface area (Å²) < 4.78 is 16.4. The van der Waals surface area contributed by atoms with Gasteiger partial charge in [0.05, 0.1) is 13.2 Å². The maximum Gasteiger partial charge on any atom is 0.315 e. The highest BCUT2D eigenvalue weighted by molar-refractivity contribution is 5.74. The number of hydrogen-bond acceptors (Lipinski definition) is 6. The number of aliphatic hydroxyl groups excluding tert-OH is 1. The zero-order valence-electron chi connectivity index (χ0n) is 20.4. The molecule has 0 bridgehead atoms. The molecule has 3 N–H and O–H groups in total. The van der Waals surface area contributed by atoms with E-state index >= 15 is 0 Å². The van der Waals surface area contributed by atoms with Gasteiger partial charge in [-0.3, -0.25) is 0 Å². The van der Waals surface area contributed by atoms with Crippen molar-refractivity contribution < 1.29 is 24.1 Å². The van der Waals surface area contributed by atoms with Crippen LogP contribution in [0.15, 0.2) is 42.5 Å². The smallest absolute Gasteiger partial charge is 0.315 e. The number of fused-ring (bicyclic) bond motifs is 1. The summed E-state index contributed by atoms with van der Waals surface area (Å²) in [6.45, 7) is 7.90. The molecule has 2 unspecified atom stereocenters. The first-order valence-electron chi connectivity index (χ1n) is 12.1. The average Bonchev–Trinajstić information content (AvgIpc) is 3.41. The van der Waals surface area contributed by atoms with E-state index in [-0.39, 0.29) is 6.03 Å². The Morgan fingerprint density at radius 1 is 1.06 bits per heavy atom. The molecule has 1 fully saturated rings. The monoisotopic (exact) mass is 471 g/mol. The van der Waals surface area contributed by atoms with Crippen LogP contribution in [0.2, 0.25) is 0 Å². The zero-order chi connectivity index (χ0) is 24.3. The first-order valence-corrected chi connectivity index (χ1v) is 12.1. The Bertz CT molecular complexity index is 900. The molecule has 0 spiro atoms. The molecule has 2 aromatic rings. The number of hydrogen-bond donors (Lipinski definition) is 3. The predicted molar refractivity (Wildman–Crippen MR) is 132 cm³/mol. The number of nitrogens with zero attached hydrogens (tertiary/aromatic N) is 1. The highest BCUT2D eigenvalue weighted by Gasteiger charge is 2.27. The SMILES string of the molecule is CC.COc1ccc(CNC(=O)NC(CN2CCCC2)C(O)c2ccc3c(c2)OCCO3)cc1. The molecule has 0 aliphatic carbocycles. The van der Waals surface area contributed by atoms with E-state index in [0.717, 1.165) is 37.2 Å². The van der Waals surface area contributed by atoms with Crippen molar-refractivity contribution in [2.24, 2.45) is 0 Å². The van der Waals surface area contributed by atoms with Crippen LogP contribution in [0.1, 0.15) is 43.9 Å². The number of likely N-dealkylation sites (tertiary alicyclic amines) is 1. The molecule has 4 rings (SSSR count). The zero-order valence-corrected chi connectivity index (χ0v) is 20.4. The van der Waals surface area contributed by atoms with Gasteiger partial charge >= 0.3 is 6.03 Å². The molecule has 8 heteroatoms. The lowest BCUT2D eigenvalue weighted by atomic mass is 10.0. The number of methoxy groups -OCH3 is 1. The number of nitrogens with one attached hydrogen (secondary N) is 2. The number of carbonyl (C=O) groups is 1. The minimum absolute atomic E-state index is 0.318. The van der Waals surface area contributed by atoms with Crippen LogP contribution in [0, 0.1) is 0 Å². The van der Waals surface area contributed by atoms with Crippen LogP contribution in [0.3, 0.4) is 0 Å². The van der Waals surface area contributed by atoms with Crippen molar-refractivity contribution >= 4 is 6.03 Å². The Hall–Kier alpha value is -2.97. The summed E-state index contributed by atoms with van der Waals surface area (Å²) in [4.78, 5) is 14.9. The lowest BCUT2D eigenvalue weighted by Crippen LogP contribution is -2.49. The van der Waals surface area contributed by atoms with Gasteiger partial charge in [-0.2, -0.15) is 0 Å². The number of aliphatic hydroxyl groups is 1. The number of benzene rings is 2. The fourth-order valence-electron chi connectivity index (χ4n) is 4.09. The normalized spacial score (nSPS) is 16.6. The van der Waals surface area contributed by atoms with Gasteiger partial charge in [-0.25, -0.2) is 4.79 Å². The van der Waals surface area contributed by atoms with E-state index in [2.05, 4.69) is 15.5 Å². The molecule has 0 radical (unpaired) electrons. The largest absolute Gasteiger partial charge is 0.497 e. The van der Waals surface area contributed by atoms with Crippen LogP contribution >= 0.6 is 0 Å². The third-order valence-corrected chi connectivity index (χ3v) is 5.87. The van der Waals surface area contributed by atoms with Crippen LogP contribution in [-0.2, 0) is 6.54 Å². The first-order chi connectivity index (χ1) is 16.6. The van der Waals surface area contributed by atoms with Gasteiger partial charge in [-0.05, 0) is 61.3 Å². The average molecular weight is 472 g/mol. The second-order valence-corrected chi connectivity index (χ2v) is 8.14. The molecule has 34 heavy (non-hydrogen) atoms. The Morgan fingerprint density at radius 2 is 1.74 bits per heavy atom. The van der Waals surface area contributed by atoms with Gasteiger partial charge in [-0.1, -0.05) is 32.0 Å². The van der Waals surface area contributed by atoms with Gasteiger partial charge in [0.15, 0.2) is 11.5 Å². The molecule has 8 nitrogen and oxygen atoms in total. The summed E-state index contributed by atoms with van der Waals surface area (Å²) >= 11 is 0. The fraction of sp³-hybridized carbons (Fsp3) is 0.500. The van der Waals surface area contributed by atoms with E-state index in [4.69, 9.17) is 14.2 Å². The molecule has 2 aliphatic heterocycles. The molecule has 1 saturated heterocycles. The number of carbonyl (C=O) groups excluding carboxylic acids is 1. The third-order valence-electron chi connectivity index (χ3n) is 5.87. The van der Waals surface area contributed by atoms with Crippen LogP contribution < -0.4 is 24.8 Å². The topological polar surface area (TPSA) is 92.3 Å². The van der Waals surface area contributed by atoms with Crippen molar-refractivity contribution in [2.45, 2.75) is 45.4 Å². The molecule has 2 amide bonds. The highest BCUT2D eigenvalue weighted by atomic mass is 16.6.